The molecule has 0 bridgehead atoms. The van der Waals surface area contributed by atoms with Gasteiger partial charge in [0, 0.05) is 10.8 Å². The highest BCUT2D eigenvalue weighted by Crippen LogP contribution is 2.36. The first-order valence-corrected chi connectivity index (χ1v) is 5.82. The molecule has 9 heavy (non-hydrogen) atoms. The summed E-state index contributed by atoms with van der Waals surface area (Å²) in [5.41, 5.74) is 0. The molecule has 1 heterocycles. The second-order valence-electron chi connectivity index (χ2n) is 1.82. The van der Waals surface area contributed by atoms with Gasteiger partial charge in [0.2, 0.25) is 6.08 Å². The summed E-state index contributed by atoms with van der Waals surface area (Å²) < 4.78 is 0. The summed E-state index contributed by atoms with van der Waals surface area (Å²) in [6.07, 6.45) is 1.58. The topological polar surface area (TPSA) is 29.4 Å². The summed E-state index contributed by atoms with van der Waals surface area (Å²) in [5.74, 6) is 3.30. The molecule has 2 nitrogen and oxygen atoms in total. The molecule has 4 heteroatoms. The molecule has 52 valence electrons. The summed E-state index contributed by atoms with van der Waals surface area (Å²) in [5, 5.41) is 1.24. The van der Waals surface area contributed by atoms with Crippen molar-refractivity contribution in [2.75, 3.05) is 22.5 Å². The molecule has 1 atom stereocenters. The van der Waals surface area contributed by atoms with Crippen molar-refractivity contribution in [2.45, 2.75) is 0 Å². The maximum Gasteiger partial charge on any atom is 0.235 e. The fraction of sp³-hybridized carbons (Fsp3) is 0.800. The molecule has 1 saturated heterocycles. The molecule has 0 N–H and O–H groups in total. The van der Waals surface area contributed by atoms with Gasteiger partial charge in [0.25, 0.3) is 0 Å². The van der Waals surface area contributed by atoms with Gasteiger partial charge in [0.05, 0.1) is 5.88 Å². The minimum Gasteiger partial charge on any atom is -0.224 e. The van der Waals surface area contributed by atoms with E-state index in [1.54, 1.807) is 6.08 Å². The number of hydrogen-bond acceptors (Lipinski definition) is 3. The fourth-order valence-electron chi connectivity index (χ4n) is 0.692. The van der Waals surface area contributed by atoms with Crippen molar-refractivity contribution >= 4 is 28.7 Å². The Morgan fingerprint density at radius 2 is 2.67 bits per heavy atom. The Morgan fingerprint density at radius 1 is 1.78 bits per heavy atom. The van der Waals surface area contributed by atoms with Crippen LogP contribution < -0.4 is 0 Å². The molecule has 0 spiro atoms. The molecule has 0 aromatic rings. The number of thioether (sulfide) groups is 1. The summed E-state index contributed by atoms with van der Waals surface area (Å²) in [4.78, 5) is 13.2. The van der Waals surface area contributed by atoms with E-state index < -0.39 is 0 Å². The quantitative estimate of drug-likeness (QED) is 0.373. The third-order valence-electron chi connectivity index (χ3n) is 1.16. The van der Waals surface area contributed by atoms with Crippen LogP contribution in [0, 0.1) is 0 Å². The molecule has 0 saturated carbocycles. The second-order valence-corrected chi connectivity index (χ2v) is 5.74. The third kappa shape index (κ3) is 2.43. The normalized spacial score (nSPS) is 29.6. The zero-order valence-electron chi connectivity index (χ0n) is 5.04. The molecule has 1 aliphatic rings. The average molecular weight is 163 g/mol. The Kier molecular flexibility index (Phi) is 3.18. The Hall–Kier alpha value is 0.0800. The van der Waals surface area contributed by atoms with Crippen LogP contribution in [0.15, 0.2) is 4.99 Å². The van der Waals surface area contributed by atoms with Crippen molar-refractivity contribution in [1.82, 2.24) is 0 Å². The van der Waals surface area contributed by atoms with Gasteiger partial charge in [-0.1, -0.05) is 0 Å². The Morgan fingerprint density at radius 3 is 3.22 bits per heavy atom. The summed E-state index contributed by atoms with van der Waals surface area (Å²) in [6, 6.07) is 0. The van der Waals surface area contributed by atoms with Gasteiger partial charge in [-0.25, -0.2) is 15.7 Å². The number of carbonyl (C=O) groups excluding carboxylic acids is 1. The van der Waals surface area contributed by atoms with Crippen molar-refractivity contribution < 1.29 is 4.79 Å². The standard InChI is InChI=1S/C5H9NOS2/c7-3-6-4-9-2-1-8-5-9/h9H,1-2,4-5H2. The van der Waals surface area contributed by atoms with Crippen molar-refractivity contribution in [1.29, 1.82) is 0 Å². The van der Waals surface area contributed by atoms with E-state index in [0.29, 0.717) is 0 Å². The highest BCUT2D eigenvalue weighted by molar-refractivity contribution is 8.29. The van der Waals surface area contributed by atoms with E-state index in [2.05, 4.69) is 4.99 Å². The van der Waals surface area contributed by atoms with Gasteiger partial charge in [-0.3, -0.25) is 0 Å². The molecule has 0 amide bonds. The van der Waals surface area contributed by atoms with Gasteiger partial charge in [0.15, 0.2) is 0 Å². The first-order chi connectivity index (χ1) is 4.43. The van der Waals surface area contributed by atoms with Crippen LogP contribution in [0.5, 0.6) is 0 Å². The average Bonchev–Trinajstić information content (AvgIpc) is 2.34. The van der Waals surface area contributed by atoms with E-state index in [-0.39, 0.29) is 10.9 Å². The minimum absolute atomic E-state index is 0.0828. The van der Waals surface area contributed by atoms with E-state index in [1.807, 2.05) is 11.8 Å². The lowest BCUT2D eigenvalue weighted by Gasteiger charge is -2.05. The first kappa shape index (κ1) is 7.19. The number of thiol groups is 1. The molecule has 0 aromatic carbocycles. The predicted octanol–water partition coefficient (Wildman–Crippen LogP) is 0.985. The zero-order chi connectivity index (χ0) is 6.53. The van der Waals surface area contributed by atoms with Crippen LogP contribution in [0.25, 0.3) is 0 Å². The predicted molar refractivity (Wildman–Crippen MR) is 44.2 cm³/mol. The van der Waals surface area contributed by atoms with E-state index in [1.165, 1.54) is 16.6 Å². The lowest BCUT2D eigenvalue weighted by molar-refractivity contribution is 0.564. The van der Waals surface area contributed by atoms with E-state index in [4.69, 9.17) is 0 Å². The number of rotatable bonds is 2. The van der Waals surface area contributed by atoms with Gasteiger partial charge in [-0.05, 0) is 5.75 Å². The van der Waals surface area contributed by atoms with Crippen LogP contribution in [-0.2, 0) is 4.79 Å². The number of hydrogen-bond donors (Lipinski definition) is 1. The lowest BCUT2D eigenvalue weighted by Crippen LogP contribution is -1.86. The molecular weight excluding hydrogens is 154 g/mol. The second kappa shape index (κ2) is 3.99. The van der Waals surface area contributed by atoms with Crippen LogP contribution in [0.2, 0.25) is 0 Å². The molecule has 1 rings (SSSR count). The van der Waals surface area contributed by atoms with Crippen LogP contribution in [0.1, 0.15) is 0 Å². The lowest BCUT2D eigenvalue weighted by atomic mass is 11.0. The molecule has 1 aliphatic heterocycles. The Bertz CT molecular complexity index is 127. The third-order valence-corrected chi connectivity index (χ3v) is 5.54. The summed E-state index contributed by atoms with van der Waals surface area (Å²) in [6.45, 7) is 0. The molecule has 1 unspecified atom stereocenters. The Labute approximate surface area is 61.5 Å². The van der Waals surface area contributed by atoms with Crippen LogP contribution in [0.4, 0.5) is 0 Å². The molecule has 0 radical (unpaired) electrons. The van der Waals surface area contributed by atoms with Crippen LogP contribution in [-0.4, -0.2) is 28.5 Å². The summed E-state index contributed by atoms with van der Waals surface area (Å²) in [7, 11) is 0.0828. The minimum atomic E-state index is 0.0828. The first-order valence-electron chi connectivity index (χ1n) is 2.77. The number of aliphatic imine (C=N–C) groups is 1. The molecule has 0 aliphatic carbocycles. The number of isocyanates is 1. The Balaban J connectivity index is 2.18. The molecule has 1 fully saturated rings. The molecular formula is C5H9NOS2. The van der Waals surface area contributed by atoms with Gasteiger partial charge in [-0.2, -0.15) is 16.8 Å². The number of nitrogens with zero attached hydrogens (tertiary/aromatic N) is 1. The van der Waals surface area contributed by atoms with Gasteiger partial charge in [0.1, 0.15) is 0 Å². The van der Waals surface area contributed by atoms with Crippen molar-refractivity contribution in [3.8, 4) is 0 Å². The van der Waals surface area contributed by atoms with Crippen molar-refractivity contribution in [3.05, 3.63) is 0 Å². The van der Waals surface area contributed by atoms with Crippen LogP contribution in [0.3, 0.4) is 0 Å². The molecule has 0 aromatic heterocycles. The van der Waals surface area contributed by atoms with E-state index in [0.717, 1.165) is 5.88 Å². The summed E-state index contributed by atoms with van der Waals surface area (Å²) >= 11 is 1.97. The van der Waals surface area contributed by atoms with Crippen molar-refractivity contribution in [3.63, 3.8) is 0 Å². The monoisotopic (exact) mass is 163 g/mol. The van der Waals surface area contributed by atoms with E-state index in [9.17, 15) is 4.79 Å². The SMILES string of the molecule is O=C=NC[SH]1CCSC1. The fourth-order valence-corrected chi connectivity index (χ4v) is 5.03. The maximum absolute atomic E-state index is 9.67. The van der Waals surface area contributed by atoms with Crippen molar-refractivity contribution in [2.24, 2.45) is 4.99 Å². The maximum atomic E-state index is 9.67. The smallest absolute Gasteiger partial charge is 0.224 e. The van der Waals surface area contributed by atoms with Crippen LogP contribution >= 0.6 is 22.7 Å². The zero-order valence-corrected chi connectivity index (χ0v) is 6.75. The van der Waals surface area contributed by atoms with Gasteiger partial charge in [-0.15, -0.1) is 0 Å². The largest absolute Gasteiger partial charge is 0.235 e. The van der Waals surface area contributed by atoms with E-state index >= 15 is 0 Å². The highest BCUT2D eigenvalue weighted by atomic mass is 32.2. The highest BCUT2D eigenvalue weighted by Gasteiger charge is 2.09. The van der Waals surface area contributed by atoms with Gasteiger partial charge < -0.3 is 0 Å². The van der Waals surface area contributed by atoms with Gasteiger partial charge >= 0.3 is 0 Å².